The number of amides is 1. The second kappa shape index (κ2) is 10.4. The van der Waals surface area contributed by atoms with Crippen molar-refractivity contribution in [1.29, 1.82) is 0 Å². The predicted octanol–water partition coefficient (Wildman–Crippen LogP) is 0.963. The molecule has 1 aromatic rings. The summed E-state index contributed by atoms with van der Waals surface area (Å²) in [5.41, 5.74) is 0. The summed E-state index contributed by atoms with van der Waals surface area (Å²) >= 11 is 0. The van der Waals surface area contributed by atoms with Crippen molar-refractivity contribution < 1.29 is 9.53 Å². The van der Waals surface area contributed by atoms with Gasteiger partial charge in [-0.15, -0.1) is 10.2 Å². The van der Waals surface area contributed by atoms with E-state index in [1.54, 1.807) is 0 Å². The first-order valence-corrected chi connectivity index (χ1v) is 10.2. The van der Waals surface area contributed by atoms with Crippen molar-refractivity contribution in [3.05, 3.63) is 12.1 Å². The highest BCUT2D eigenvalue weighted by molar-refractivity contribution is 5.78. The fraction of sp³-hybridized carbons (Fsp3) is 0.737. The third kappa shape index (κ3) is 6.04. The van der Waals surface area contributed by atoms with Gasteiger partial charge in [-0.2, -0.15) is 0 Å². The van der Waals surface area contributed by atoms with Crippen LogP contribution in [0.25, 0.3) is 0 Å². The molecule has 0 saturated carbocycles. The zero-order chi connectivity index (χ0) is 18.9. The second-order valence-electron chi connectivity index (χ2n) is 7.21. The SMILES string of the molecule is CCCNC(=O)C1CCN(c2ccc(NCCN3CCOCC3)nn2)CC1. The molecule has 2 aliphatic rings. The summed E-state index contributed by atoms with van der Waals surface area (Å²) in [6, 6.07) is 4.00. The van der Waals surface area contributed by atoms with Gasteiger partial charge in [-0.25, -0.2) is 0 Å². The zero-order valence-corrected chi connectivity index (χ0v) is 16.3. The monoisotopic (exact) mass is 376 g/mol. The maximum atomic E-state index is 12.1. The lowest BCUT2D eigenvalue weighted by Gasteiger charge is -2.31. The molecule has 27 heavy (non-hydrogen) atoms. The minimum Gasteiger partial charge on any atom is -0.379 e. The lowest BCUT2D eigenvalue weighted by atomic mass is 9.96. The molecule has 0 atom stereocenters. The summed E-state index contributed by atoms with van der Waals surface area (Å²) in [4.78, 5) is 16.7. The van der Waals surface area contributed by atoms with E-state index in [-0.39, 0.29) is 11.8 Å². The van der Waals surface area contributed by atoms with E-state index in [1.807, 2.05) is 12.1 Å². The van der Waals surface area contributed by atoms with Crippen LogP contribution in [0.1, 0.15) is 26.2 Å². The Bertz CT molecular complexity index is 568. The van der Waals surface area contributed by atoms with E-state index in [0.717, 1.165) is 89.9 Å². The van der Waals surface area contributed by atoms with Crippen molar-refractivity contribution in [2.75, 3.05) is 69.2 Å². The van der Waals surface area contributed by atoms with Crippen LogP contribution in [0.15, 0.2) is 12.1 Å². The number of aromatic nitrogens is 2. The Labute approximate surface area is 161 Å². The summed E-state index contributed by atoms with van der Waals surface area (Å²) in [7, 11) is 0. The normalized spacial score (nSPS) is 19.1. The van der Waals surface area contributed by atoms with Gasteiger partial charge in [-0.05, 0) is 31.4 Å². The van der Waals surface area contributed by atoms with Crippen LogP contribution < -0.4 is 15.5 Å². The van der Waals surface area contributed by atoms with Crippen molar-refractivity contribution in [3.63, 3.8) is 0 Å². The Morgan fingerprint density at radius 2 is 1.93 bits per heavy atom. The van der Waals surface area contributed by atoms with Crippen LogP contribution >= 0.6 is 0 Å². The van der Waals surface area contributed by atoms with Gasteiger partial charge in [0.25, 0.3) is 0 Å². The largest absolute Gasteiger partial charge is 0.379 e. The van der Waals surface area contributed by atoms with Gasteiger partial charge in [0, 0.05) is 51.7 Å². The predicted molar refractivity (Wildman–Crippen MR) is 106 cm³/mol. The van der Waals surface area contributed by atoms with Crippen LogP contribution in [-0.2, 0) is 9.53 Å². The Morgan fingerprint density at radius 3 is 2.59 bits per heavy atom. The third-order valence-corrected chi connectivity index (χ3v) is 5.23. The highest BCUT2D eigenvalue weighted by Crippen LogP contribution is 2.22. The van der Waals surface area contributed by atoms with Crippen molar-refractivity contribution >= 4 is 17.5 Å². The van der Waals surface area contributed by atoms with Gasteiger partial charge in [0.05, 0.1) is 13.2 Å². The summed E-state index contributed by atoms with van der Waals surface area (Å²) in [5.74, 6) is 2.02. The van der Waals surface area contributed by atoms with Crippen LogP contribution in [0.3, 0.4) is 0 Å². The number of carbonyl (C=O) groups excluding carboxylic acids is 1. The Morgan fingerprint density at radius 1 is 1.15 bits per heavy atom. The van der Waals surface area contributed by atoms with Gasteiger partial charge in [0.2, 0.25) is 5.91 Å². The molecule has 0 aliphatic carbocycles. The maximum Gasteiger partial charge on any atom is 0.223 e. The van der Waals surface area contributed by atoms with Gasteiger partial charge < -0.3 is 20.3 Å². The molecule has 2 N–H and O–H groups in total. The molecule has 0 radical (unpaired) electrons. The average molecular weight is 377 g/mol. The van der Waals surface area contributed by atoms with E-state index in [2.05, 4.69) is 37.6 Å². The van der Waals surface area contributed by atoms with Crippen molar-refractivity contribution in [3.8, 4) is 0 Å². The second-order valence-corrected chi connectivity index (χ2v) is 7.21. The van der Waals surface area contributed by atoms with E-state index in [0.29, 0.717) is 0 Å². The molecule has 0 spiro atoms. The number of nitrogens with zero attached hydrogens (tertiary/aromatic N) is 4. The molecular formula is C19H32N6O2. The standard InChI is InChI=1S/C19H32N6O2/c1-2-7-21-19(26)16-5-9-25(10-6-16)18-4-3-17(22-23-18)20-8-11-24-12-14-27-15-13-24/h3-4,16H,2,5-15H2,1H3,(H,20,22)(H,21,26). The maximum absolute atomic E-state index is 12.1. The molecule has 2 saturated heterocycles. The molecule has 3 heterocycles. The smallest absolute Gasteiger partial charge is 0.223 e. The molecule has 8 nitrogen and oxygen atoms in total. The Hall–Kier alpha value is -1.93. The van der Waals surface area contributed by atoms with E-state index >= 15 is 0 Å². The number of hydrogen-bond donors (Lipinski definition) is 2. The molecule has 0 aromatic carbocycles. The molecule has 8 heteroatoms. The van der Waals surface area contributed by atoms with Crippen LogP contribution in [0.5, 0.6) is 0 Å². The number of rotatable bonds is 8. The first-order chi connectivity index (χ1) is 13.3. The van der Waals surface area contributed by atoms with Gasteiger partial charge in [-0.3, -0.25) is 9.69 Å². The lowest BCUT2D eigenvalue weighted by Crippen LogP contribution is -2.41. The summed E-state index contributed by atoms with van der Waals surface area (Å²) in [5, 5.41) is 15.0. The Balaban J connectivity index is 1.39. The lowest BCUT2D eigenvalue weighted by molar-refractivity contribution is -0.125. The number of nitrogens with one attached hydrogen (secondary N) is 2. The quantitative estimate of drug-likeness (QED) is 0.699. The Kier molecular flexibility index (Phi) is 7.65. The third-order valence-electron chi connectivity index (χ3n) is 5.23. The zero-order valence-electron chi connectivity index (χ0n) is 16.3. The molecule has 1 amide bonds. The fourth-order valence-corrected chi connectivity index (χ4v) is 3.52. The average Bonchev–Trinajstić information content (AvgIpc) is 2.73. The molecular weight excluding hydrogens is 344 g/mol. The highest BCUT2D eigenvalue weighted by atomic mass is 16.5. The number of ether oxygens (including phenoxy) is 1. The summed E-state index contributed by atoms with van der Waals surface area (Å²) in [6.07, 6.45) is 2.72. The molecule has 150 valence electrons. The van der Waals surface area contributed by atoms with Crippen molar-refractivity contribution in [1.82, 2.24) is 20.4 Å². The molecule has 1 aromatic heterocycles. The first kappa shape index (κ1) is 19.8. The molecule has 0 unspecified atom stereocenters. The number of anilines is 2. The van der Waals surface area contributed by atoms with Gasteiger partial charge in [0.15, 0.2) is 5.82 Å². The summed E-state index contributed by atoms with van der Waals surface area (Å²) in [6.45, 7) is 10.0. The molecule has 0 bridgehead atoms. The van der Waals surface area contributed by atoms with E-state index in [4.69, 9.17) is 4.74 Å². The van der Waals surface area contributed by atoms with Crippen LogP contribution in [-0.4, -0.2) is 80.0 Å². The van der Waals surface area contributed by atoms with Gasteiger partial charge >= 0.3 is 0 Å². The fourth-order valence-electron chi connectivity index (χ4n) is 3.52. The number of morpholine rings is 1. The minimum absolute atomic E-state index is 0.127. The van der Waals surface area contributed by atoms with E-state index in [9.17, 15) is 4.79 Å². The molecule has 2 fully saturated rings. The summed E-state index contributed by atoms with van der Waals surface area (Å²) < 4.78 is 5.36. The van der Waals surface area contributed by atoms with Crippen LogP contribution in [0.4, 0.5) is 11.6 Å². The topological polar surface area (TPSA) is 82.6 Å². The number of piperidine rings is 1. The van der Waals surface area contributed by atoms with Crippen molar-refractivity contribution in [2.24, 2.45) is 5.92 Å². The molecule has 2 aliphatic heterocycles. The molecule has 3 rings (SSSR count). The number of hydrogen-bond acceptors (Lipinski definition) is 7. The van der Waals surface area contributed by atoms with E-state index in [1.165, 1.54) is 0 Å². The minimum atomic E-state index is 0.127. The van der Waals surface area contributed by atoms with Gasteiger partial charge in [-0.1, -0.05) is 6.92 Å². The van der Waals surface area contributed by atoms with Crippen LogP contribution in [0.2, 0.25) is 0 Å². The van der Waals surface area contributed by atoms with Gasteiger partial charge in [0.1, 0.15) is 5.82 Å². The van der Waals surface area contributed by atoms with Crippen molar-refractivity contribution in [2.45, 2.75) is 26.2 Å². The highest BCUT2D eigenvalue weighted by Gasteiger charge is 2.25. The number of carbonyl (C=O) groups is 1. The van der Waals surface area contributed by atoms with Crippen LogP contribution in [0, 0.1) is 5.92 Å². The van der Waals surface area contributed by atoms with E-state index < -0.39 is 0 Å². The first-order valence-electron chi connectivity index (χ1n) is 10.2.